The third-order valence-electron chi connectivity index (χ3n) is 1.50. The van der Waals surface area contributed by atoms with Crippen LogP contribution >= 0.6 is 11.3 Å². The van der Waals surface area contributed by atoms with E-state index in [9.17, 15) is 4.79 Å². The van der Waals surface area contributed by atoms with Crippen molar-refractivity contribution in [2.45, 2.75) is 26.6 Å². The summed E-state index contributed by atoms with van der Waals surface area (Å²) in [5.41, 5.74) is 6.20. The molecule has 0 bridgehead atoms. The number of carbonyl (C=O) groups excluding carboxylic acids is 1. The van der Waals surface area contributed by atoms with Crippen molar-refractivity contribution in [3.63, 3.8) is 0 Å². The van der Waals surface area contributed by atoms with E-state index in [0.29, 0.717) is 10.6 Å². The maximum absolute atomic E-state index is 11.6. The minimum atomic E-state index is -1.82. The molecule has 0 saturated heterocycles. The van der Waals surface area contributed by atoms with E-state index in [4.69, 9.17) is 10.2 Å². The Labute approximate surface area is 89.0 Å². The Kier molecular flexibility index (Phi) is 3.01. The van der Waals surface area contributed by atoms with Gasteiger partial charge in [-0.1, -0.05) is 0 Å². The lowest BCUT2D eigenvalue weighted by Gasteiger charge is -2.16. The van der Waals surface area contributed by atoms with Crippen LogP contribution in [0.1, 0.15) is 15.2 Å². The Morgan fingerprint density at radius 2 is 2.07 bits per heavy atom. The van der Waals surface area contributed by atoms with Crippen molar-refractivity contribution >= 4 is 30.6 Å². The van der Waals surface area contributed by atoms with Crippen molar-refractivity contribution in [1.29, 1.82) is 0 Å². The van der Waals surface area contributed by atoms with Gasteiger partial charge in [0.1, 0.15) is 5.00 Å². The molecule has 0 aliphatic heterocycles. The van der Waals surface area contributed by atoms with Gasteiger partial charge in [0.05, 0.1) is 5.56 Å². The third kappa shape index (κ3) is 2.85. The number of thiophene rings is 1. The van der Waals surface area contributed by atoms with E-state index < -0.39 is 8.32 Å². The smallest absolute Gasteiger partial charge is 0.327 e. The Bertz CT molecular complexity index is 354. The van der Waals surface area contributed by atoms with Crippen LogP contribution in [0.15, 0.2) is 6.07 Å². The van der Waals surface area contributed by atoms with Crippen molar-refractivity contribution in [3.8, 4) is 0 Å². The predicted octanol–water partition coefficient (Wildman–Crippen LogP) is 2.63. The highest BCUT2D eigenvalue weighted by atomic mass is 32.1. The molecule has 2 N–H and O–H groups in total. The second-order valence-electron chi connectivity index (χ2n) is 4.14. The Balaban J connectivity index is 2.85. The number of rotatable bonds is 2. The van der Waals surface area contributed by atoms with Gasteiger partial charge in [0.25, 0.3) is 0 Å². The van der Waals surface area contributed by atoms with Crippen LogP contribution in [-0.2, 0) is 4.43 Å². The van der Waals surface area contributed by atoms with Gasteiger partial charge in [-0.15, -0.1) is 11.3 Å². The van der Waals surface area contributed by atoms with Gasteiger partial charge in [-0.2, -0.15) is 0 Å². The van der Waals surface area contributed by atoms with Crippen LogP contribution in [-0.4, -0.2) is 14.3 Å². The average Bonchev–Trinajstić information content (AvgIpc) is 2.26. The SMILES string of the molecule is Cc1cc(C(=O)O[Si](C)(C)C)c(N)s1. The second kappa shape index (κ2) is 3.74. The maximum Gasteiger partial charge on any atom is 0.327 e. The van der Waals surface area contributed by atoms with Gasteiger partial charge in [0, 0.05) is 4.88 Å². The van der Waals surface area contributed by atoms with Gasteiger partial charge in [-0.25, -0.2) is 4.79 Å². The molecule has 1 heterocycles. The zero-order valence-electron chi connectivity index (χ0n) is 8.88. The lowest BCUT2D eigenvalue weighted by atomic mass is 10.3. The van der Waals surface area contributed by atoms with Gasteiger partial charge in [-0.3, -0.25) is 0 Å². The van der Waals surface area contributed by atoms with Crippen molar-refractivity contribution < 1.29 is 9.22 Å². The van der Waals surface area contributed by atoms with Crippen molar-refractivity contribution in [2.24, 2.45) is 0 Å². The molecule has 0 unspecified atom stereocenters. The van der Waals surface area contributed by atoms with Crippen LogP contribution in [0.2, 0.25) is 19.6 Å². The highest BCUT2D eigenvalue weighted by molar-refractivity contribution is 7.16. The summed E-state index contributed by atoms with van der Waals surface area (Å²) >= 11 is 1.42. The zero-order chi connectivity index (χ0) is 10.9. The molecule has 0 fully saturated rings. The molecule has 5 heteroatoms. The Hall–Kier alpha value is -0.813. The Morgan fingerprint density at radius 1 is 1.50 bits per heavy atom. The summed E-state index contributed by atoms with van der Waals surface area (Å²) in [5, 5.41) is 0.547. The molecule has 0 aliphatic rings. The van der Waals surface area contributed by atoms with Crippen LogP contribution in [0, 0.1) is 6.92 Å². The largest absolute Gasteiger partial charge is 0.516 e. The minimum Gasteiger partial charge on any atom is -0.516 e. The topological polar surface area (TPSA) is 52.3 Å². The monoisotopic (exact) mass is 229 g/mol. The van der Waals surface area contributed by atoms with Crippen LogP contribution in [0.4, 0.5) is 5.00 Å². The molecule has 14 heavy (non-hydrogen) atoms. The second-order valence-corrected chi connectivity index (χ2v) is 9.85. The molecule has 0 amide bonds. The molecule has 1 aromatic rings. The highest BCUT2D eigenvalue weighted by Gasteiger charge is 2.23. The van der Waals surface area contributed by atoms with Gasteiger partial charge in [0.15, 0.2) is 0 Å². The van der Waals surface area contributed by atoms with E-state index in [1.165, 1.54) is 11.3 Å². The minimum absolute atomic E-state index is 0.286. The number of anilines is 1. The first kappa shape index (κ1) is 11.3. The fourth-order valence-electron chi connectivity index (χ4n) is 1.02. The first-order chi connectivity index (χ1) is 6.29. The number of aryl methyl sites for hydroxylation is 1. The fourth-order valence-corrected chi connectivity index (χ4v) is 2.47. The molecule has 0 spiro atoms. The molecular formula is C9H15NO2SSi. The third-order valence-corrected chi connectivity index (χ3v) is 3.18. The van der Waals surface area contributed by atoms with Crippen molar-refractivity contribution in [3.05, 3.63) is 16.5 Å². The van der Waals surface area contributed by atoms with Crippen LogP contribution < -0.4 is 5.73 Å². The summed E-state index contributed by atoms with van der Waals surface area (Å²) in [6.07, 6.45) is 0. The van der Waals surface area contributed by atoms with Crippen molar-refractivity contribution in [1.82, 2.24) is 0 Å². The van der Waals surface area contributed by atoms with E-state index >= 15 is 0 Å². The van der Waals surface area contributed by atoms with Gasteiger partial charge in [0.2, 0.25) is 8.32 Å². The van der Waals surface area contributed by atoms with Gasteiger partial charge in [-0.05, 0) is 32.6 Å². The molecular weight excluding hydrogens is 214 g/mol. The summed E-state index contributed by atoms with van der Waals surface area (Å²) in [7, 11) is -1.82. The lowest BCUT2D eigenvalue weighted by Crippen LogP contribution is -2.29. The standard InChI is InChI=1S/C9H15NO2SSi/c1-6-5-7(8(10)13-6)9(11)12-14(2,3)4/h5H,10H2,1-4H3. The molecule has 0 atom stereocenters. The molecule has 0 radical (unpaired) electrons. The molecule has 1 aromatic heterocycles. The van der Waals surface area contributed by atoms with E-state index in [2.05, 4.69) is 0 Å². The molecule has 0 aliphatic carbocycles. The van der Waals surface area contributed by atoms with E-state index in [0.717, 1.165) is 4.88 Å². The first-order valence-electron chi connectivity index (χ1n) is 4.39. The van der Waals surface area contributed by atoms with Gasteiger partial charge < -0.3 is 10.2 Å². The fraction of sp³-hybridized carbons (Fsp3) is 0.444. The van der Waals surface area contributed by atoms with Crippen LogP contribution in [0.5, 0.6) is 0 Å². The molecule has 3 nitrogen and oxygen atoms in total. The summed E-state index contributed by atoms with van der Waals surface area (Å²) in [4.78, 5) is 12.7. The number of hydrogen-bond donors (Lipinski definition) is 1. The average molecular weight is 229 g/mol. The first-order valence-corrected chi connectivity index (χ1v) is 8.61. The van der Waals surface area contributed by atoms with Gasteiger partial charge >= 0.3 is 5.97 Å². The summed E-state index contributed by atoms with van der Waals surface area (Å²) in [6, 6.07) is 1.78. The van der Waals surface area contributed by atoms with Crippen LogP contribution in [0.25, 0.3) is 0 Å². The maximum atomic E-state index is 11.6. The van der Waals surface area contributed by atoms with E-state index in [1.807, 2.05) is 26.6 Å². The number of hydrogen-bond acceptors (Lipinski definition) is 4. The number of nitrogen functional groups attached to an aromatic ring is 1. The summed E-state index contributed by atoms with van der Waals surface area (Å²) in [6.45, 7) is 7.84. The number of nitrogens with two attached hydrogens (primary N) is 1. The summed E-state index contributed by atoms with van der Waals surface area (Å²) < 4.78 is 5.34. The summed E-state index contributed by atoms with van der Waals surface area (Å²) in [5.74, 6) is -0.286. The molecule has 1 rings (SSSR count). The molecule has 0 aromatic carbocycles. The highest BCUT2D eigenvalue weighted by Crippen LogP contribution is 2.25. The Morgan fingerprint density at radius 3 is 2.43 bits per heavy atom. The van der Waals surface area contributed by atoms with E-state index in [1.54, 1.807) is 6.07 Å². The quantitative estimate of drug-likeness (QED) is 0.793. The molecule has 0 saturated carbocycles. The predicted molar refractivity (Wildman–Crippen MR) is 62.2 cm³/mol. The number of carbonyl (C=O) groups is 1. The van der Waals surface area contributed by atoms with Crippen LogP contribution in [0.3, 0.4) is 0 Å². The van der Waals surface area contributed by atoms with Crippen molar-refractivity contribution in [2.75, 3.05) is 5.73 Å². The van der Waals surface area contributed by atoms with E-state index in [-0.39, 0.29) is 5.97 Å². The molecule has 78 valence electrons. The normalized spacial score (nSPS) is 11.4. The zero-order valence-corrected chi connectivity index (χ0v) is 10.7. The lowest BCUT2D eigenvalue weighted by molar-refractivity contribution is 0.0726.